The van der Waals surface area contributed by atoms with Gasteiger partial charge < -0.3 is 23.8 Å². The highest BCUT2D eigenvalue weighted by molar-refractivity contribution is 5.85. The van der Waals surface area contributed by atoms with E-state index in [0.717, 1.165) is 24.6 Å². The molecule has 0 spiro atoms. The molecular weight excluding hydrogens is 356 g/mol. The maximum atomic E-state index is 12.6. The molecule has 1 aromatic heterocycles. The molecule has 0 bridgehead atoms. The lowest BCUT2D eigenvalue weighted by Crippen LogP contribution is -2.49. The number of aromatic nitrogens is 2. The summed E-state index contributed by atoms with van der Waals surface area (Å²) in [6.45, 7) is 3.00. The van der Waals surface area contributed by atoms with Crippen molar-refractivity contribution in [2.75, 3.05) is 45.3 Å². The number of imidazole rings is 1. The van der Waals surface area contributed by atoms with Gasteiger partial charge in [0.15, 0.2) is 11.5 Å². The van der Waals surface area contributed by atoms with Gasteiger partial charge in [-0.2, -0.15) is 0 Å². The zero-order chi connectivity index (χ0) is 17.8. The first-order chi connectivity index (χ1) is 12.1. The number of hydrogen-bond acceptors (Lipinski definition) is 5. The van der Waals surface area contributed by atoms with Gasteiger partial charge in [0, 0.05) is 45.6 Å². The van der Waals surface area contributed by atoms with E-state index in [9.17, 15) is 4.79 Å². The lowest BCUT2D eigenvalue weighted by molar-refractivity contribution is -0.130. The van der Waals surface area contributed by atoms with Crippen LogP contribution < -0.4 is 14.4 Å². The lowest BCUT2D eigenvalue weighted by atomic mass is 10.1. The van der Waals surface area contributed by atoms with Crippen LogP contribution in [-0.2, 0) is 18.3 Å². The summed E-state index contributed by atoms with van der Waals surface area (Å²) in [5.74, 6) is 2.40. The number of carbonyl (C=O) groups is 1. The molecule has 0 radical (unpaired) electrons. The van der Waals surface area contributed by atoms with Crippen molar-refractivity contribution in [3.05, 3.63) is 36.2 Å². The van der Waals surface area contributed by atoms with Crippen LogP contribution in [0.4, 0.5) is 5.95 Å². The maximum Gasteiger partial charge on any atom is 0.227 e. The van der Waals surface area contributed by atoms with E-state index in [2.05, 4.69) is 9.88 Å². The number of benzene rings is 1. The fourth-order valence-corrected chi connectivity index (χ4v) is 3.10. The molecule has 0 N–H and O–H groups in total. The third kappa shape index (κ3) is 4.22. The van der Waals surface area contributed by atoms with Crippen molar-refractivity contribution in [2.24, 2.45) is 7.05 Å². The van der Waals surface area contributed by atoms with E-state index in [1.54, 1.807) is 20.4 Å². The number of carbonyl (C=O) groups excluding carboxylic acids is 1. The van der Waals surface area contributed by atoms with Crippen molar-refractivity contribution < 1.29 is 14.3 Å². The lowest BCUT2D eigenvalue weighted by Gasteiger charge is -2.35. The minimum atomic E-state index is 0. The summed E-state index contributed by atoms with van der Waals surface area (Å²) >= 11 is 0. The normalized spacial score (nSPS) is 14.0. The summed E-state index contributed by atoms with van der Waals surface area (Å²) in [5.41, 5.74) is 0.925. The summed E-state index contributed by atoms with van der Waals surface area (Å²) < 4.78 is 12.5. The van der Waals surface area contributed by atoms with Crippen molar-refractivity contribution in [1.82, 2.24) is 14.5 Å². The monoisotopic (exact) mass is 380 g/mol. The molecule has 0 aliphatic carbocycles. The third-order valence-corrected chi connectivity index (χ3v) is 4.51. The molecule has 0 atom stereocenters. The number of hydrogen-bond donors (Lipinski definition) is 0. The van der Waals surface area contributed by atoms with Crippen LogP contribution in [0, 0.1) is 0 Å². The molecule has 1 saturated heterocycles. The van der Waals surface area contributed by atoms with Gasteiger partial charge in [-0.25, -0.2) is 4.98 Å². The fourth-order valence-electron chi connectivity index (χ4n) is 3.10. The van der Waals surface area contributed by atoms with Crippen LogP contribution >= 0.6 is 12.4 Å². The predicted molar refractivity (Wildman–Crippen MR) is 102 cm³/mol. The van der Waals surface area contributed by atoms with E-state index >= 15 is 0 Å². The minimum Gasteiger partial charge on any atom is -0.493 e. The largest absolute Gasteiger partial charge is 0.493 e. The highest BCUT2D eigenvalue weighted by Crippen LogP contribution is 2.28. The van der Waals surface area contributed by atoms with Gasteiger partial charge in [-0.3, -0.25) is 4.79 Å². The van der Waals surface area contributed by atoms with Gasteiger partial charge in [-0.1, -0.05) is 6.07 Å². The van der Waals surface area contributed by atoms with Crippen LogP contribution in [0.15, 0.2) is 30.6 Å². The van der Waals surface area contributed by atoms with Gasteiger partial charge in [0.2, 0.25) is 11.9 Å². The molecular formula is C18H25ClN4O3. The van der Waals surface area contributed by atoms with Gasteiger partial charge in [-0.05, 0) is 17.7 Å². The second-order valence-electron chi connectivity index (χ2n) is 6.07. The Balaban J connectivity index is 0.00000243. The molecule has 7 nitrogen and oxygen atoms in total. The van der Waals surface area contributed by atoms with Crippen molar-refractivity contribution in [3.63, 3.8) is 0 Å². The summed E-state index contributed by atoms with van der Waals surface area (Å²) in [6.07, 6.45) is 4.09. The van der Waals surface area contributed by atoms with Crippen LogP contribution in [-0.4, -0.2) is 60.8 Å². The van der Waals surface area contributed by atoms with Crippen molar-refractivity contribution in [3.8, 4) is 11.5 Å². The predicted octanol–water partition coefficient (Wildman–Crippen LogP) is 1.75. The van der Waals surface area contributed by atoms with Gasteiger partial charge in [0.1, 0.15) is 0 Å². The number of rotatable bonds is 5. The quantitative estimate of drug-likeness (QED) is 0.791. The zero-order valence-electron chi connectivity index (χ0n) is 15.3. The molecule has 1 aromatic carbocycles. The van der Waals surface area contributed by atoms with Crippen LogP contribution in [0.5, 0.6) is 11.5 Å². The Bertz CT molecular complexity index is 742. The Kier molecular flexibility index (Phi) is 6.74. The number of amides is 1. The molecule has 0 saturated carbocycles. The van der Waals surface area contributed by atoms with Gasteiger partial charge in [0.25, 0.3) is 0 Å². The average molecular weight is 381 g/mol. The number of piperazine rings is 1. The summed E-state index contributed by atoms with van der Waals surface area (Å²) in [5, 5.41) is 0. The molecule has 8 heteroatoms. The highest BCUT2D eigenvalue weighted by atomic mass is 35.5. The zero-order valence-corrected chi connectivity index (χ0v) is 16.2. The molecule has 142 valence electrons. The second kappa shape index (κ2) is 8.80. The molecule has 3 rings (SSSR count). The first-order valence-corrected chi connectivity index (χ1v) is 8.33. The topological polar surface area (TPSA) is 59.8 Å². The average Bonchev–Trinajstić information content (AvgIpc) is 3.07. The second-order valence-corrected chi connectivity index (χ2v) is 6.07. The molecule has 26 heavy (non-hydrogen) atoms. The van der Waals surface area contributed by atoms with Crippen molar-refractivity contribution in [2.45, 2.75) is 6.42 Å². The fraction of sp³-hybridized carbons (Fsp3) is 0.444. The Hall–Kier alpha value is -2.41. The molecule has 2 aromatic rings. The Morgan fingerprint density at radius 1 is 1.12 bits per heavy atom. The number of aryl methyl sites for hydroxylation is 1. The maximum absolute atomic E-state index is 12.6. The SMILES string of the molecule is COc1ccc(CC(=O)N2CCN(c3nccn3C)CC2)cc1OC.Cl. The van der Waals surface area contributed by atoms with E-state index < -0.39 is 0 Å². The number of nitrogens with zero attached hydrogens (tertiary/aromatic N) is 4. The van der Waals surface area contributed by atoms with Gasteiger partial charge >= 0.3 is 0 Å². The minimum absolute atomic E-state index is 0. The van der Waals surface area contributed by atoms with Crippen LogP contribution in [0.25, 0.3) is 0 Å². The molecule has 1 amide bonds. The van der Waals surface area contributed by atoms with E-state index in [1.807, 2.05) is 40.9 Å². The molecule has 2 heterocycles. The molecule has 1 aliphatic heterocycles. The number of halogens is 1. The molecule has 1 aliphatic rings. The molecule has 0 unspecified atom stereocenters. The van der Waals surface area contributed by atoms with Crippen molar-refractivity contribution in [1.29, 1.82) is 0 Å². The Labute approximate surface area is 159 Å². The third-order valence-electron chi connectivity index (χ3n) is 4.51. The van der Waals surface area contributed by atoms with Crippen LogP contribution in [0.1, 0.15) is 5.56 Å². The van der Waals surface area contributed by atoms with Crippen LogP contribution in [0.3, 0.4) is 0 Å². The van der Waals surface area contributed by atoms with E-state index in [4.69, 9.17) is 9.47 Å². The highest BCUT2D eigenvalue weighted by Gasteiger charge is 2.23. The summed E-state index contributed by atoms with van der Waals surface area (Å²) in [4.78, 5) is 21.1. The van der Waals surface area contributed by atoms with Gasteiger partial charge in [-0.15, -0.1) is 12.4 Å². The summed E-state index contributed by atoms with van der Waals surface area (Å²) in [7, 11) is 5.18. The van der Waals surface area contributed by atoms with Crippen LogP contribution in [0.2, 0.25) is 0 Å². The number of ether oxygens (including phenoxy) is 2. The number of methoxy groups -OCH3 is 2. The number of anilines is 1. The first-order valence-electron chi connectivity index (χ1n) is 8.33. The molecule has 1 fully saturated rings. The van der Waals surface area contributed by atoms with E-state index in [1.165, 1.54) is 0 Å². The van der Waals surface area contributed by atoms with E-state index in [0.29, 0.717) is 31.0 Å². The Morgan fingerprint density at radius 3 is 2.38 bits per heavy atom. The smallest absolute Gasteiger partial charge is 0.227 e. The van der Waals surface area contributed by atoms with Crippen molar-refractivity contribution >= 4 is 24.3 Å². The van der Waals surface area contributed by atoms with Gasteiger partial charge in [0.05, 0.1) is 20.6 Å². The first kappa shape index (κ1) is 19.9. The van der Waals surface area contributed by atoms with E-state index in [-0.39, 0.29) is 18.3 Å². The standard InChI is InChI=1S/C18H24N4O3.ClH/c1-20-7-6-19-18(20)22-10-8-21(9-11-22)17(23)13-14-4-5-15(24-2)16(12-14)25-3;/h4-7,12H,8-11,13H2,1-3H3;1H. The Morgan fingerprint density at radius 2 is 1.81 bits per heavy atom. The summed E-state index contributed by atoms with van der Waals surface area (Å²) in [6, 6.07) is 5.60.